The number of carbonyl (C=O) groups excluding carboxylic acids is 1. The summed E-state index contributed by atoms with van der Waals surface area (Å²) in [6.07, 6.45) is 7.52. The lowest BCUT2D eigenvalue weighted by molar-refractivity contribution is 0.0728. The number of nitrogens with zero attached hydrogens (tertiary/aromatic N) is 4. The molecule has 6 heteroatoms. The van der Waals surface area contributed by atoms with Crippen molar-refractivity contribution in [3.05, 3.63) is 35.9 Å². The number of hydrogen-bond acceptors (Lipinski definition) is 3. The normalized spacial score (nSPS) is 18.9. The SMILES string of the molecule is CC(C)n1ccc(C(=O)N2CCC[C@H]2c2cn[nH]c2)n1. The van der Waals surface area contributed by atoms with Crippen LogP contribution in [0.15, 0.2) is 24.7 Å². The number of likely N-dealkylation sites (tertiary alicyclic amines) is 1. The largest absolute Gasteiger partial charge is 0.330 e. The minimum atomic E-state index is 0.00750. The third kappa shape index (κ3) is 2.21. The summed E-state index contributed by atoms with van der Waals surface area (Å²) in [6, 6.07) is 2.18. The molecule has 1 atom stereocenters. The molecule has 2 aromatic rings. The summed E-state index contributed by atoms with van der Waals surface area (Å²) in [5, 5.41) is 11.2. The van der Waals surface area contributed by atoms with Gasteiger partial charge >= 0.3 is 0 Å². The van der Waals surface area contributed by atoms with Gasteiger partial charge in [-0.25, -0.2) is 0 Å². The Bertz CT molecular complexity index is 586. The molecule has 3 heterocycles. The van der Waals surface area contributed by atoms with Crippen molar-refractivity contribution in [1.29, 1.82) is 0 Å². The smallest absolute Gasteiger partial charge is 0.274 e. The van der Waals surface area contributed by atoms with Crippen molar-refractivity contribution >= 4 is 5.91 Å². The fraction of sp³-hybridized carbons (Fsp3) is 0.500. The summed E-state index contributed by atoms with van der Waals surface area (Å²) in [6.45, 7) is 4.87. The lowest BCUT2D eigenvalue weighted by atomic mass is 10.1. The molecule has 0 bridgehead atoms. The average molecular weight is 273 g/mol. The van der Waals surface area contributed by atoms with Crippen LogP contribution in [0.5, 0.6) is 0 Å². The van der Waals surface area contributed by atoms with Crippen molar-refractivity contribution in [3.8, 4) is 0 Å². The quantitative estimate of drug-likeness (QED) is 0.932. The Morgan fingerprint density at radius 2 is 2.35 bits per heavy atom. The fourth-order valence-corrected chi connectivity index (χ4v) is 2.69. The number of rotatable bonds is 3. The van der Waals surface area contributed by atoms with Crippen LogP contribution >= 0.6 is 0 Å². The maximum absolute atomic E-state index is 12.6. The third-order valence-electron chi connectivity index (χ3n) is 3.77. The van der Waals surface area contributed by atoms with E-state index in [9.17, 15) is 4.79 Å². The van der Waals surface area contributed by atoms with E-state index in [-0.39, 0.29) is 18.0 Å². The van der Waals surface area contributed by atoms with Gasteiger partial charge in [-0.1, -0.05) is 0 Å². The van der Waals surface area contributed by atoms with Gasteiger partial charge in [0, 0.05) is 30.5 Å². The van der Waals surface area contributed by atoms with E-state index in [2.05, 4.69) is 15.3 Å². The van der Waals surface area contributed by atoms with Gasteiger partial charge in [0.05, 0.1) is 12.2 Å². The summed E-state index contributed by atoms with van der Waals surface area (Å²) in [4.78, 5) is 14.5. The first-order valence-electron chi connectivity index (χ1n) is 7.01. The van der Waals surface area contributed by atoms with Crippen LogP contribution < -0.4 is 0 Å². The summed E-state index contributed by atoms with van der Waals surface area (Å²) in [5.74, 6) is 0.00750. The maximum atomic E-state index is 12.6. The molecule has 1 saturated heterocycles. The number of amides is 1. The fourth-order valence-electron chi connectivity index (χ4n) is 2.69. The second-order valence-electron chi connectivity index (χ2n) is 5.46. The number of hydrogen-bond donors (Lipinski definition) is 1. The topological polar surface area (TPSA) is 66.8 Å². The van der Waals surface area contributed by atoms with E-state index in [1.54, 1.807) is 12.3 Å². The van der Waals surface area contributed by atoms with Crippen LogP contribution in [0.25, 0.3) is 0 Å². The van der Waals surface area contributed by atoms with Gasteiger partial charge in [-0.05, 0) is 32.8 Å². The molecule has 1 aliphatic heterocycles. The van der Waals surface area contributed by atoms with Gasteiger partial charge in [0.15, 0.2) is 0 Å². The number of nitrogens with one attached hydrogen (secondary N) is 1. The van der Waals surface area contributed by atoms with Gasteiger partial charge in [0.25, 0.3) is 5.91 Å². The van der Waals surface area contributed by atoms with Gasteiger partial charge in [-0.2, -0.15) is 10.2 Å². The van der Waals surface area contributed by atoms with Gasteiger partial charge in [0.2, 0.25) is 0 Å². The van der Waals surface area contributed by atoms with Crippen molar-refractivity contribution in [2.24, 2.45) is 0 Å². The Morgan fingerprint density at radius 1 is 1.50 bits per heavy atom. The molecule has 2 aromatic heterocycles. The minimum Gasteiger partial charge on any atom is -0.330 e. The summed E-state index contributed by atoms with van der Waals surface area (Å²) >= 11 is 0. The molecule has 3 rings (SSSR count). The molecule has 106 valence electrons. The highest BCUT2D eigenvalue weighted by Gasteiger charge is 2.32. The van der Waals surface area contributed by atoms with Gasteiger partial charge < -0.3 is 4.90 Å². The standard InChI is InChI=1S/C14H19N5O/c1-10(2)19-7-5-12(17-19)14(20)18-6-3-4-13(18)11-8-15-16-9-11/h5,7-10,13H,3-4,6H2,1-2H3,(H,15,16)/t13-/m0/s1. The molecule has 1 N–H and O–H groups in total. The van der Waals surface area contributed by atoms with Crippen molar-refractivity contribution in [1.82, 2.24) is 24.9 Å². The van der Waals surface area contributed by atoms with E-state index >= 15 is 0 Å². The molecule has 1 aliphatic rings. The van der Waals surface area contributed by atoms with E-state index in [1.807, 2.05) is 35.8 Å². The molecular formula is C14H19N5O. The van der Waals surface area contributed by atoms with E-state index in [0.29, 0.717) is 5.69 Å². The molecule has 0 spiro atoms. The van der Waals surface area contributed by atoms with E-state index in [4.69, 9.17) is 0 Å². The van der Waals surface area contributed by atoms with E-state index in [1.165, 1.54) is 0 Å². The summed E-state index contributed by atoms with van der Waals surface area (Å²) < 4.78 is 1.82. The Labute approximate surface area is 117 Å². The molecule has 6 nitrogen and oxygen atoms in total. The molecule has 0 saturated carbocycles. The molecule has 0 unspecified atom stereocenters. The molecule has 20 heavy (non-hydrogen) atoms. The van der Waals surface area contributed by atoms with Crippen molar-refractivity contribution < 1.29 is 4.79 Å². The first kappa shape index (κ1) is 12.9. The third-order valence-corrected chi connectivity index (χ3v) is 3.77. The number of carbonyl (C=O) groups is 1. The summed E-state index contributed by atoms with van der Waals surface area (Å²) in [5.41, 5.74) is 1.59. The van der Waals surface area contributed by atoms with Crippen LogP contribution in [0.4, 0.5) is 0 Å². The zero-order chi connectivity index (χ0) is 14.1. The van der Waals surface area contributed by atoms with Crippen LogP contribution in [-0.4, -0.2) is 37.3 Å². The van der Waals surface area contributed by atoms with Crippen molar-refractivity contribution in [2.45, 2.75) is 38.8 Å². The average Bonchev–Trinajstić information content (AvgIpc) is 3.17. The monoisotopic (exact) mass is 273 g/mol. The summed E-state index contributed by atoms with van der Waals surface area (Å²) in [7, 11) is 0. The zero-order valence-electron chi connectivity index (χ0n) is 11.8. The predicted octanol–water partition coefficient (Wildman–Crippen LogP) is 2.16. The van der Waals surface area contributed by atoms with Gasteiger partial charge in [-0.3, -0.25) is 14.6 Å². The molecule has 1 amide bonds. The van der Waals surface area contributed by atoms with Crippen molar-refractivity contribution in [2.75, 3.05) is 6.54 Å². The molecule has 1 fully saturated rings. The Balaban J connectivity index is 1.82. The van der Waals surface area contributed by atoms with Gasteiger partial charge in [0.1, 0.15) is 5.69 Å². The highest BCUT2D eigenvalue weighted by atomic mass is 16.2. The van der Waals surface area contributed by atoms with Crippen molar-refractivity contribution in [3.63, 3.8) is 0 Å². The molecule has 0 radical (unpaired) electrons. The predicted molar refractivity (Wildman–Crippen MR) is 74.2 cm³/mol. The number of H-pyrrole nitrogens is 1. The number of aromatic amines is 1. The van der Waals surface area contributed by atoms with E-state index < -0.39 is 0 Å². The molecular weight excluding hydrogens is 254 g/mol. The second-order valence-corrected chi connectivity index (χ2v) is 5.46. The van der Waals surface area contributed by atoms with Crippen LogP contribution in [-0.2, 0) is 0 Å². The van der Waals surface area contributed by atoms with Gasteiger partial charge in [-0.15, -0.1) is 0 Å². The Hall–Kier alpha value is -2.11. The highest BCUT2D eigenvalue weighted by Crippen LogP contribution is 2.32. The molecule has 0 aromatic carbocycles. The zero-order valence-corrected chi connectivity index (χ0v) is 11.8. The minimum absolute atomic E-state index is 0.00750. The first-order chi connectivity index (χ1) is 9.66. The Morgan fingerprint density at radius 3 is 3.00 bits per heavy atom. The lowest BCUT2D eigenvalue weighted by Gasteiger charge is -2.22. The number of aromatic nitrogens is 4. The Kier molecular flexibility index (Phi) is 3.30. The maximum Gasteiger partial charge on any atom is 0.274 e. The first-order valence-corrected chi connectivity index (χ1v) is 7.01. The highest BCUT2D eigenvalue weighted by molar-refractivity contribution is 5.92. The van der Waals surface area contributed by atoms with Crippen LogP contribution in [0.2, 0.25) is 0 Å². The second kappa shape index (κ2) is 5.11. The van der Waals surface area contributed by atoms with Crippen LogP contribution in [0.1, 0.15) is 54.8 Å². The lowest BCUT2D eigenvalue weighted by Crippen LogP contribution is -2.30. The van der Waals surface area contributed by atoms with Crippen LogP contribution in [0.3, 0.4) is 0 Å². The van der Waals surface area contributed by atoms with E-state index in [0.717, 1.165) is 24.9 Å². The van der Waals surface area contributed by atoms with Crippen LogP contribution in [0, 0.1) is 0 Å². The molecule has 0 aliphatic carbocycles.